The molecule has 0 N–H and O–H groups in total. The van der Waals surface area contributed by atoms with Gasteiger partial charge in [-0.25, -0.2) is 0 Å². The van der Waals surface area contributed by atoms with E-state index < -0.39 is 0 Å². The van der Waals surface area contributed by atoms with Gasteiger partial charge in [-0.1, -0.05) is 6.92 Å². The summed E-state index contributed by atoms with van der Waals surface area (Å²) in [5.74, 6) is 0.287. The number of aromatic nitrogens is 2. The van der Waals surface area contributed by atoms with Crippen LogP contribution in [0.15, 0.2) is 12.3 Å². The Morgan fingerprint density at radius 3 is 3.27 bits per heavy atom. The first-order valence-corrected chi connectivity index (χ1v) is 5.46. The molecule has 1 aliphatic heterocycles. The Balaban J connectivity index is 2.13. The van der Waals surface area contributed by atoms with Gasteiger partial charge in [0.2, 0.25) is 0 Å². The molecule has 0 spiro atoms. The van der Waals surface area contributed by atoms with Crippen LogP contribution in [0.3, 0.4) is 0 Å². The average molecular weight is 208 g/mol. The maximum Gasteiger partial charge on any atom is 0.138 e. The highest BCUT2D eigenvalue weighted by atomic mass is 16.5. The van der Waals surface area contributed by atoms with Crippen molar-refractivity contribution in [3.63, 3.8) is 0 Å². The van der Waals surface area contributed by atoms with Crippen LogP contribution in [0, 0.1) is 0 Å². The second kappa shape index (κ2) is 4.57. The van der Waals surface area contributed by atoms with Crippen molar-refractivity contribution in [1.29, 1.82) is 0 Å². The van der Waals surface area contributed by atoms with Crippen LogP contribution in [0.1, 0.15) is 38.0 Å². The second-order valence-corrected chi connectivity index (χ2v) is 3.83. The first-order chi connectivity index (χ1) is 7.31. The number of aryl methyl sites for hydroxylation is 1. The normalized spacial score (nSPS) is 21.9. The van der Waals surface area contributed by atoms with Gasteiger partial charge < -0.3 is 4.74 Å². The number of ether oxygens (including phenoxy) is 1. The van der Waals surface area contributed by atoms with E-state index in [2.05, 4.69) is 12.0 Å². The Morgan fingerprint density at radius 2 is 2.53 bits per heavy atom. The number of nitrogens with zero attached hydrogens (tertiary/aromatic N) is 2. The van der Waals surface area contributed by atoms with Crippen LogP contribution in [-0.4, -0.2) is 22.2 Å². The van der Waals surface area contributed by atoms with Gasteiger partial charge in [0.15, 0.2) is 0 Å². The fraction of sp³-hybridized carbons (Fsp3) is 0.636. The van der Waals surface area contributed by atoms with Crippen molar-refractivity contribution in [3.05, 3.63) is 18.0 Å². The highest BCUT2D eigenvalue weighted by Crippen LogP contribution is 2.25. The highest BCUT2D eigenvalue weighted by Gasteiger charge is 2.24. The van der Waals surface area contributed by atoms with E-state index >= 15 is 0 Å². The average Bonchev–Trinajstić information content (AvgIpc) is 2.66. The van der Waals surface area contributed by atoms with Gasteiger partial charge >= 0.3 is 0 Å². The lowest BCUT2D eigenvalue weighted by molar-refractivity contribution is -0.129. The van der Waals surface area contributed by atoms with E-state index in [1.807, 2.05) is 10.7 Å². The number of hydrogen-bond donors (Lipinski definition) is 0. The molecule has 0 radical (unpaired) electrons. The number of hydrogen-bond acceptors (Lipinski definition) is 3. The predicted molar refractivity (Wildman–Crippen MR) is 55.5 cm³/mol. The number of Topliss-reactive ketones (excluding diaryl/α,β-unsaturated/α-hetero) is 1. The van der Waals surface area contributed by atoms with Crippen LogP contribution in [-0.2, 0) is 16.1 Å². The first kappa shape index (κ1) is 10.4. The van der Waals surface area contributed by atoms with Crippen LogP contribution in [0.4, 0.5) is 0 Å². The maximum atomic E-state index is 11.3. The minimum atomic E-state index is -0.0831. The molecule has 0 bridgehead atoms. The van der Waals surface area contributed by atoms with E-state index in [1.54, 1.807) is 6.20 Å². The minimum absolute atomic E-state index is 0.0831. The zero-order valence-electron chi connectivity index (χ0n) is 8.98. The Kier molecular flexibility index (Phi) is 3.16. The lowest BCUT2D eigenvalue weighted by atomic mass is 10.1. The largest absolute Gasteiger partial charge is 0.371 e. The predicted octanol–water partition coefficient (Wildman–Crippen LogP) is 1.71. The summed E-state index contributed by atoms with van der Waals surface area (Å²) in [4.78, 5) is 11.3. The summed E-state index contributed by atoms with van der Waals surface area (Å²) < 4.78 is 7.53. The van der Waals surface area contributed by atoms with Gasteiger partial charge in [-0.05, 0) is 12.5 Å². The van der Waals surface area contributed by atoms with Crippen LogP contribution in [0.25, 0.3) is 0 Å². The second-order valence-electron chi connectivity index (χ2n) is 3.83. The molecule has 1 aromatic heterocycles. The molecule has 1 aromatic rings. The Morgan fingerprint density at radius 1 is 1.67 bits per heavy atom. The van der Waals surface area contributed by atoms with Crippen molar-refractivity contribution in [1.82, 2.24) is 9.78 Å². The van der Waals surface area contributed by atoms with Gasteiger partial charge in [0.05, 0.1) is 12.3 Å². The molecule has 15 heavy (non-hydrogen) atoms. The zero-order chi connectivity index (χ0) is 10.7. The molecule has 1 saturated heterocycles. The van der Waals surface area contributed by atoms with Gasteiger partial charge in [-0.3, -0.25) is 9.48 Å². The summed E-state index contributed by atoms with van der Waals surface area (Å²) in [6, 6.07) is 1.94. The van der Waals surface area contributed by atoms with Crippen molar-refractivity contribution >= 4 is 5.78 Å². The van der Waals surface area contributed by atoms with Crippen molar-refractivity contribution < 1.29 is 9.53 Å². The molecule has 1 atom stereocenters. The van der Waals surface area contributed by atoms with E-state index in [0.29, 0.717) is 19.4 Å². The molecule has 4 heteroatoms. The first-order valence-electron chi connectivity index (χ1n) is 5.46. The summed E-state index contributed by atoms with van der Waals surface area (Å²) in [5.41, 5.74) is 1.03. The summed E-state index contributed by atoms with van der Waals surface area (Å²) >= 11 is 0. The number of rotatable bonds is 3. The van der Waals surface area contributed by atoms with Gasteiger partial charge in [-0.15, -0.1) is 0 Å². The highest BCUT2D eigenvalue weighted by molar-refractivity contribution is 5.79. The zero-order valence-corrected chi connectivity index (χ0v) is 8.98. The molecule has 0 saturated carbocycles. The van der Waals surface area contributed by atoms with Crippen molar-refractivity contribution in [2.45, 2.75) is 38.8 Å². The van der Waals surface area contributed by atoms with Gasteiger partial charge in [-0.2, -0.15) is 5.10 Å². The van der Waals surface area contributed by atoms with Crippen LogP contribution in [0.2, 0.25) is 0 Å². The quantitative estimate of drug-likeness (QED) is 0.759. The number of ketones is 1. The van der Waals surface area contributed by atoms with Crippen molar-refractivity contribution in [2.24, 2.45) is 0 Å². The lowest BCUT2D eigenvalue weighted by Crippen LogP contribution is -2.22. The Labute approximate surface area is 89.2 Å². The summed E-state index contributed by atoms with van der Waals surface area (Å²) in [6.07, 6.45) is 3.77. The molecule has 1 fully saturated rings. The lowest BCUT2D eigenvalue weighted by Gasteiger charge is -2.22. The molecule has 0 aromatic carbocycles. The minimum Gasteiger partial charge on any atom is -0.371 e. The Bertz CT molecular complexity index is 346. The van der Waals surface area contributed by atoms with E-state index in [0.717, 1.165) is 18.7 Å². The fourth-order valence-corrected chi connectivity index (χ4v) is 1.89. The van der Waals surface area contributed by atoms with E-state index in [1.165, 1.54) is 0 Å². The van der Waals surface area contributed by atoms with Crippen molar-refractivity contribution in [2.75, 3.05) is 6.61 Å². The number of carbonyl (C=O) groups excluding carboxylic acids is 1. The van der Waals surface area contributed by atoms with Gasteiger partial charge in [0, 0.05) is 25.6 Å². The third kappa shape index (κ3) is 2.26. The summed E-state index contributed by atoms with van der Waals surface area (Å²) in [6.45, 7) is 3.54. The third-order valence-electron chi connectivity index (χ3n) is 2.63. The molecule has 2 rings (SSSR count). The number of carbonyl (C=O) groups is 1. The SMILES string of the molecule is CCCn1nccc1C1CC(=O)CCO1. The molecule has 1 aliphatic rings. The van der Waals surface area contributed by atoms with E-state index in [9.17, 15) is 4.79 Å². The monoisotopic (exact) mass is 208 g/mol. The summed E-state index contributed by atoms with van der Waals surface area (Å²) in [5, 5.41) is 4.23. The molecular formula is C11H16N2O2. The van der Waals surface area contributed by atoms with Crippen LogP contribution in [0.5, 0.6) is 0 Å². The van der Waals surface area contributed by atoms with Crippen molar-refractivity contribution in [3.8, 4) is 0 Å². The fourth-order valence-electron chi connectivity index (χ4n) is 1.89. The third-order valence-corrected chi connectivity index (χ3v) is 2.63. The van der Waals surface area contributed by atoms with E-state index in [-0.39, 0.29) is 11.9 Å². The van der Waals surface area contributed by atoms with E-state index in [4.69, 9.17) is 4.74 Å². The maximum absolute atomic E-state index is 11.3. The van der Waals surface area contributed by atoms with Crippen LogP contribution < -0.4 is 0 Å². The molecule has 0 amide bonds. The van der Waals surface area contributed by atoms with Crippen LogP contribution >= 0.6 is 0 Å². The molecule has 82 valence electrons. The Hall–Kier alpha value is -1.16. The molecule has 4 nitrogen and oxygen atoms in total. The molecule has 2 heterocycles. The molecule has 1 unspecified atom stereocenters. The summed E-state index contributed by atoms with van der Waals surface area (Å²) in [7, 11) is 0. The van der Waals surface area contributed by atoms with Gasteiger partial charge in [0.25, 0.3) is 0 Å². The molecule has 0 aliphatic carbocycles. The standard InChI is InChI=1S/C11H16N2O2/c1-2-6-13-10(3-5-12-13)11-8-9(14)4-7-15-11/h3,5,11H,2,4,6-8H2,1H3. The molecular weight excluding hydrogens is 192 g/mol. The topological polar surface area (TPSA) is 44.1 Å². The smallest absolute Gasteiger partial charge is 0.138 e. The van der Waals surface area contributed by atoms with Gasteiger partial charge in [0.1, 0.15) is 11.9 Å².